The minimum absolute atomic E-state index is 0.0620. The predicted octanol–water partition coefficient (Wildman–Crippen LogP) is 3.22. The van der Waals surface area contributed by atoms with E-state index < -0.39 is 23.2 Å². The van der Waals surface area contributed by atoms with Gasteiger partial charge in [-0.3, -0.25) is 10.1 Å². The summed E-state index contributed by atoms with van der Waals surface area (Å²) in [5.41, 5.74) is 0.490. The van der Waals surface area contributed by atoms with Crippen LogP contribution in [0.1, 0.15) is 25.3 Å². The molecule has 0 radical (unpaired) electrons. The Labute approximate surface area is 147 Å². The Balaban J connectivity index is 2.68. The Hall–Kier alpha value is -3.56. The van der Waals surface area contributed by atoms with E-state index >= 15 is 0 Å². The van der Waals surface area contributed by atoms with E-state index in [2.05, 4.69) is 10.1 Å². The van der Waals surface area contributed by atoms with Crippen molar-refractivity contribution >= 4 is 18.0 Å². The molecule has 2 N–H and O–H groups in total. The molecular formula is C16H16N2O8. The summed E-state index contributed by atoms with van der Waals surface area (Å²) in [5.74, 6) is -1.34. The van der Waals surface area contributed by atoms with Crippen molar-refractivity contribution in [1.29, 1.82) is 0 Å². The summed E-state index contributed by atoms with van der Waals surface area (Å²) in [6.45, 7) is 3.11. The lowest BCUT2D eigenvalue weighted by Gasteiger charge is -2.29. The molecule has 0 spiro atoms. The van der Waals surface area contributed by atoms with Gasteiger partial charge in [0.25, 0.3) is 5.69 Å². The number of methoxy groups -OCH3 is 1. The Morgan fingerprint density at radius 1 is 1.15 bits per heavy atom. The number of para-hydroxylation sites is 1. The van der Waals surface area contributed by atoms with Crippen molar-refractivity contribution in [1.82, 2.24) is 5.32 Å². The van der Waals surface area contributed by atoms with E-state index in [1.165, 1.54) is 18.2 Å². The van der Waals surface area contributed by atoms with E-state index in [-0.39, 0.29) is 22.8 Å². The zero-order valence-electron chi connectivity index (χ0n) is 14.1. The van der Waals surface area contributed by atoms with Crippen LogP contribution in [0, 0.1) is 10.1 Å². The van der Waals surface area contributed by atoms with Crippen molar-refractivity contribution in [3.05, 3.63) is 62.9 Å². The van der Waals surface area contributed by atoms with E-state index in [9.17, 15) is 19.7 Å². The molecule has 1 unspecified atom stereocenters. The number of nitrogens with one attached hydrogen (secondary N) is 1. The highest BCUT2D eigenvalue weighted by molar-refractivity contribution is 5.65. The first-order valence-electron chi connectivity index (χ1n) is 7.34. The first-order chi connectivity index (χ1) is 12.3. The van der Waals surface area contributed by atoms with Gasteiger partial charge in [0, 0.05) is 11.6 Å². The first kappa shape index (κ1) is 18.8. The highest BCUT2D eigenvalue weighted by Crippen LogP contribution is 2.42. The molecule has 0 saturated heterocycles. The number of carbonyl (C=O) groups excluding carboxylic acids is 1. The smallest absolute Gasteiger partial charge is 0.449 e. The second kappa shape index (κ2) is 7.55. The number of hydrogen-bond donors (Lipinski definition) is 2. The maximum absolute atomic E-state index is 11.6. The third-order valence-electron chi connectivity index (χ3n) is 3.64. The molecule has 138 valence electrons. The standard InChI is InChI=1S/C16H16N2O8/c1-8-13(25-15(19)20)12(10-6-4-5-7-11(10)18(22)23)14(9(2)17-8)26-16(21)24-3/h4-7,12,17H,1-3H3,(H,19,20). The van der Waals surface area contributed by atoms with Crippen LogP contribution in [-0.2, 0) is 14.2 Å². The van der Waals surface area contributed by atoms with E-state index in [0.29, 0.717) is 11.4 Å². The molecule has 0 saturated carbocycles. The highest BCUT2D eigenvalue weighted by atomic mass is 16.7. The quantitative estimate of drug-likeness (QED) is 0.468. The molecule has 0 amide bonds. The van der Waals surface area contributed by atoms with Crippen molar-refractivity contribution in [2.75, 3.05) is 7.11 Å². The second-order valence-corrected chi connectivity index (χ2v) is 5.28. The molecule has 0 fully saturated rings. The summed E-state index contributed by atoms with van der Waals surface area (Å²) in [6, 6.07) is 5.70. The van der Waals surface area contributed by atoms with Crippen molar-refractivity contribution < 1.29 is 33.8 Å². The lowest BCUT2D eigenvalue weighted by molar-refractivity contribution is -0.385. The van der Waals surface area contributed by atoms with Gasteiger partial charge in [0.1, 0.15) is 17.4 Å². The van der Waals surface area contributed by atoms with Gasteiger partial charge in [0.05, 0.1) is 23.4 Å². The number of ether oxygens (including phenoxy) is 3. The number of dihydropyridines is 1. The molecule has 0 aromatic heterocycles. The largest absolute Gasteiger partial charge is 0.513 e. The average molecular weight is 364 g/mol. The first-order valence-corrected chi connectivity index (χ1v) is 7.34. The fraction of sp³-hybridized carbons (Fsp3) is 0.250. The third-order valence-corrected chi connectivity index (χ3v) is 3.64. The normalized spacial score (nSPS) is 16.7. The Kier molecular flexibility index (Phi) is 5.45. The average Bonchev–Trinajstić information content (AvgIpc) is 2.58. The highest BCUT2D eigenvalue weighted by Gasteiger charge is 2.38. The van der Waals surface area contributed by atoms with Crippen LogP contribution in [-0.4, -0.2) is 29.5 Å². The Morgan fingerprint density at radius 2 is 1.73 bits per heavy atom. The number of rotatable bonds is 4. The van der Waals surface area contributed by atoms with Crippen LogP contribution in [0.4, 0.5) is 15.3 Å². The summed E-state index contributed by atoms with van der Waals surface area (Å²) in [6.07, 6.45) is -2.67. The molecule has 10 nitrogen and oxygen atoms in total. The van der Waals surface area contributed by atoms with Crippen LogP contribution in [0.2, 0.25) is 0 Å². The molecule has 0 aliphatic carbocycles. The van der Waals surface area contributed by atoms with Gasteiger partial charge in [-0.05, 0) is 13.8 Å². The van der Waals surface area contributed by atoms with Crippen LogP contribution >= 0.6 is 0 Å². The molecule has 26 heavy (non-hydrogen) atoms. The SMILES string of the molecule is COC(=O)OC1=C(C)NC(C)=C(OC(=O)O)C1c1ccccc1[N+](=O)[O-]. The maximum atomic E-state index is 11.6. The molecule has 0 bridgehead atoms. The number of nitrogens with zero attached hydrogens (tertiary/aromatic N) is 1. The number of nitro groups is 1. The topological polar surface area (TPSA) is 137 Å². The van der Waals surface area contributed by atoms with Crippen LogP contribution in [0.25, 0.3) is 0 Å². The number of carbonyl (C=O) groups is 2. The van der Waals surface area contributed by atoms with E-state index in [4.69, 9.17) is 14.6 Å². The Bertz CT molecular complexity index is 827. The fourth-order valence-corrected chi connectivity index (χ4v) is 2.63. The molecule has 1 heterocycles. The summed E-state index contributed by atoms with van der Waals surface area (Å²) in [7, 11) is 1.10. The van der Waals surface area contributed by atoms with Crippen molar-refractivity contribution in [3.8, 4) is 0 Å². The third kappa shape index (κ3) is 3.74. The van der Waals surface area contributed by atoms with Crippen LogP contribution in [0.3, 0.4) is 0 Å². The molecule has 10 heteroatoms. The number of carboxylic acid groups (broad SMARTS) is 1. The van der Waals surface area contributed by atoms with Gasteiger partial charge in [0.2, 0.25) is 0 Å². The van der Waals surface area contributed by atoms with Gasteiger partial charge in [-0.1, -0.05) is 18.2 Å². The zero-order valence-corrected chi connectivity index (χ0v) is 14.1. The molecular weight excluding hydrogens is 348 g/mol. The van der Waals surface area contributed by atoms with Crippen molar-refractivity contribution in [2.24, 2.45) is 0 Å². The van der Waals surface area contributed by atoms with E-state index in [1.54, 1.807) is 19.9 Å². The fourth-order valence-electron chi connectivity index (χ4n) is 2.63. The van der Waals surface area contributed by atoms with Crippen LogP contribution < -0.4 is 5.32 Å². The van der Waals surface area contributed by atoms with Gasteiger partial charge >= 0.3 is 12.3 Å². The minimum atomic E-state index is -1.61. The second-order valence-electron chi connectivity index (χ2n) is 5.28. The minimum Gasteiger partial charge on any atom is -0.449 e. The molecule has 1 aliphatic heterocycles. The Morgan fingerprint density at radius 3 is 2.27 bits per heavy atom. The van der Waals surface area contributed by atoms with Gasteiger partial charge in [-0.25, -0.2) is 9.59 Å². The van der Waals surface area contributed by atoms with E-state index in [1.807, 2.05) is 0 Å². The lowest BCUT2D eigenvalue weighted by atomic mass is 9.89. The summed E-state index contributed by atoms with van der Waals surface area (Å²) >= 11 is 0. The molecule has 2 rings (SSSR count). The molecule has 1 aliphatic rings. The van der Waals surface area contributed by atoms with Crippen LogP contribution in [0.15, 0.2) is 47.2 Å². The van der Waals surface area contributed by atoms with Crippen LogP contribution in [0.5, 0.6) is 0 Å². The van der Waals surface area contributed by atoms with Gasteiger partial charge in [-0.2, -0.15) is 0 Å². The lowest BCUT2D eigenvalue weighted by Crippen LogP contribution is -2.29. The number of nitro benzene ring substituents is 1. The number of benzene rings is 1. The summed E-state index contributed by atoms with van der Waals surface area (Å²) in [5, 5.41) is 23.3. The zero-order chi connectivity index (χ0) is 19.4. The molecule has 1 aromatic carbocycles. The monoisotopic (exact) mass is 364 g/mol. The maximum Gasteiger partial charge on any atom is 0.513 e. The van der Waals surface area contributed by atoms with Crippen molar-refractivity contribution in [2.45, 2.75) is 19.8 Å². The molecule has 1 aromatic rings. The summed E-state index contributed by atoms with van der Waals surface area (Å²) in [4.78, 5) is 33.5. The molecule has 1 atom stereocenters. The van der Waals surface area contributed by atoms with Crippen molar-refractivity contribution in [3.63, 3.8) is 0 Å². The van der Waals surface area contributed by atoms with Gasteiger partial charge in [0.15, 0.2) is 0 Å². The van der Waals surface area contributed by atoms with Gasteiger partial charge in [-0.15, -0.1) is 0 Å². The van der Waals surface area contributed by atoms with Gasteiger partial charge < -0.3 is 24.6 Å². The summed E-state index contributed by atoms with van der Waals surface area (Å²) < 4.78 is 14.5. The predicted molar refractivity (Wildman–Crippen MR) is 87.0 cm³/mol. The number of hydrogen-bond acceptors (Lipinski definition) is 8. The van der Waals surface area contributed by atoms with E-state index in [0.717, 1.165) is 7.11 Å². The number of allylic oxidation sites excluding steroid dienone is 2.